The lowest BCUT2D eigenvalue weighted by Gasteiger charge is -2.26. The number of amides is 1. The summed E-state index contributed by atoms with van der Waals surface area (Å²) in [5.41, 5.74) is 0.510. The molecule has 2 rings (SSSR count). The highest BCUT2D eigenvalue weighted by atomic mass is 35.5. The van der Waals surface area contributed by atoms with Gasteiger partial charge in [-0.15, -0.1) is 0 Å². The third kappa shape index (κ3) is 2.43. The van der Waals surface area contributed by atoms with Crippen molar-refractivity contribution < 1.29 is 9.53 Å². The first kappa shape index (κ1) is 10.7. The van der Waals surface area contributed by atoms with Crippen LogP contribution in [0.1, 0.15) is 10.4 Å². The van der Waals surface area contributed by atoms with Gasteiger partial charge < -0.3 is 10.1 Å². The summed E-state index contributed by atoms with van der Waals surface area (Å²) in [5, 5.41) is 3.64. The molecule has 1 aliphatic rings. The van der Waals surface area contributed by atoms with E-state index in [0.29, 0.717) is 28.8 Å². The summed E-state index contributed by atoms with van der Waals surface area (Å²) in [7, 11) is 0. The van der Waals surface area contributed by atoms with E-state index < -0.39 is 0 Å². The molecule has 1 aromatic carbocycles. The van der Waals surface area contributed by atoms with E-state index in [1.54, 1.807) is 18.2 Å². The van der Waals surface area contributed by atoms with Gasteiger partial charge in [-0.2, -0.15) is 0 Å². The molecular weight excluding hydrogens is 237 g/mol. The number of rotatable bonds is 2. The molecular formula is C10H9Cl2NO2. The van der Waals surface area contributed by atoms with E-state index in [2.05, 4.69) is 5.32 Å². The van der Waals surface area contributed by atoms with Gasteiger partial charge in [-0.25, -0.2) is 0 Å². The Kier molecular flexibility index (Phi) is 3.14. The lowest BCUT2D eigenvalue weighted by Crippen LogP contribution is -2.48. The van der Waals surface area contributed by atoms with Gasteiger partial charge in [0.25, 0.3) is 5.91 Å². The van der Waals surface area contributed by atoms with Crippen molar-refractivity contribution in [1.29, 1.82) is 0 Å². The van der Waals surface area contributed by atoms with Crippen molar-refractivity contribution in [3.8, 4) is 0 Å². The van der Waals surface area contributed by atoms with Crippen LogP contribution in [0.25, 0.3) is 0 Å². The number of hydrogen-bond acceptors (Lipinski definition) is 2. The van der Waals surface area contributed by atoms with Gasteiger partial charge >= 0.3 is 0 Å². The molecule has 0 aromatic heterocycles. The van der Waals surface area contributed by atoms with E-state index in [-0.39, 0.29) is 11.9 Å². The van der Waals surface area contributed by atoms with Crippen LogP contribution >= 0.6 is 23.2 Å². The first-order valence-electron chi connectivity index (χ1n) is 4.50. The minimum atomic E-state index is -0.151. The lowest BCUT2D eigenvalue weighted by atomic mass is 10.2. The van der Waals surface area contributed by atoms with Crippen molar-refractivity contribution in [2.24, 2.45) is 0 Å². The molecule has 0 spiro atoms. The standard InChI is InChI=1S/C10H9Cl2NO2/c11-8-2-1-6(3-9(8)12)10(14)13-7-4-15-5-7/h1-3,7H,4-5H2,(H,13,14). The molecule has 1 aliphatic heterocycles. The number of carbonyl (C=O) groups is 1. The molecule has 5 heteroatoms. The lowest BCUT2D eigenvalue weighted by molar-refractivity contribution is -0.00346. The Bertz CT molecular complexity index is 391. The summed E-state index contributed by atoms with van der Waals surface area (Å²) in [4.78, 5) is 11.6. The van der Waals surface area contributed by atoms with Crippen LogP contribution in [0.5, 0.6) is 0 Å². The van der Waals surface area contributed by atoms with Gasteiger partial charge in [0.1, 0.15) is 0 Å². The predicted molar refractivity (Wildman–Crippen MR) is 58.5 cm³/mol. The zero-order chi connectivity index (χ0) is 10.8. The summed E-state index contributed by atoms with van der Waals surface area (Å²) in [6, 6.07) is 4.92. The maximum Gasteiger partial charge on any atom is 0.251 e. The van der Waals surface area contributed by atoms with E-state index in [0.717, 1.165) is 0 Å². The zero-order valence-corrected chi connectivity index (χ0v) is 9.31. The average molecular weight is 246 g/mol. The highest BCUT2D eigenvalue weighted by Gasteiger charge is 2.21. The molecule has 0 radical (unpaired) electrons. The van der Waals surface area contributed by atoms with Gasteiger partial charge in [0.15, 0.2) is 0 Å². The SMILES string of the molecule is O=C(NC1COC1)c1ccc(Cl)c(Cl)c1. The van der Waals surface area contributed by atoms with E-state index in [1.807, 2.05) is 0 Å². The summed E-state index contributed by atoms with van der Waals surface area (Å²) in [6.07, 6.45) is 0. The Morgan fingerprint density at radius 1 is 1.33 bits per heavy atom. The zero-order valence-electron chi connectivity index (χ0n) is 7.80. The molecule has 0 atom stereocenters. The molecule has 1 N–H and O–H groups in total. The number of halogens is 2. The summed E-state index contributed by atoms with van der Waals surface area (Å²) in [5.74, 6) is -0.151. The van der Waals surface area contributed by atoms with Crippen LogP contribution in [0.3, 0.4) is 0 Å². The average Bonchev–Trinajstić information content (AvgIpc) is 2.15. The Hall–Kier alpha value is -0.770. The van der Waals surface area contributed by atoms with E-state index in [1.165, 1.54) is 0 Å². The second kappa shape index (κ2) is 4.39. The molecule has 1 saturated heterocycles. The summed E-state index contributed by atoms with van der Waals surface area (Å²) in [6.45, 7) is 1.15. The van der Waals surface area contributed by atoms with Crippen LogP contribution in [0, 0.1) is 0 Å². The fraction of sp³-hybridized carbons (Fsp3) is 0.300. The molecule has 1 fully saturated rings. The summed E-state index contributed by atoms with van der Waals surface area (Å²) < 4.78 is 4.95. The minimum Gasteiger partial charge on any atom is -0.377 e. The number of carbonyl (C=O) groups excluding carboxylic acids is 1. The van der Waals surface area contributed by atoms with Crippen LogP contribution in [0.2, 0.25) is 10.0 Å². The highest BCUT2D eigenvalue weighted by Crippen LogP contribution is 2.22. The van der Waals surface area contributed by atoms with Crippen molar-refractivity contribution in [1.82, 2.24) is 5.32 Å². The molecule has 1 amide bonds. The molecule has 1 heterocycles. The first-order chi connectivity index (χ1) is 7.16. The van der Waals surface area contributed by atoms with Gasteiger partial charge in [-0.3, -0.25) is 4.79 Å². The van der Waals surface area contributed by atoms with Gasteiger partial charge in [0.05, 0.1) is 29.3 Å². The number of ether oxygens (including phenoxy) is 1. The molecule has 3 nitrogen and oxygen atoms in total. The molecule has 1 aromatic rings. The van der Waals surface area contributed by atoms with Crippen LogP contribution in [0.4, 0.5) is 0 Å². The Balaban J connectivity index is 2.07. The van der Waals surface area contributed by atoms with Crippen molar-refractivity contribution in [3.05, 3.63) is 33.8 Å². The molecule has 0 saturated carbocycles. The monoisotopic (exact) mass is 245 g/mol. The quantitative estimate of drug-likeness (QED) is 0.867. The van der Waals surface area contributed by atoms with Crippen molar-refractivity contribution in [3.63, 3.8) is 0 Å². The van der Waals surface area contributed by atoms with Crippen LogP contribution in [0.15, 0.2) is 18.2 Å². The van der Waals surface area contributed by atoms with Crippen molar-refractivity contribution >= 4 is 29.1 Å². The van der Waals surface area contributed by atoms with Gasteiger partial charge in [-0.05, 0) is 18.2 Å². The molecule has 0 unspecified atom stereocenters. The van der Waals surface area contributed by atoms with Crippen LogP contribution < -0.4 is 5.32 Å². The third-order valence-electron chi connectivity index (χ3n) is 2.16. The molecule has 0 bridgehead atoms. The smallest absolute Gasteiger partial charge is 0.251 e. The molecule has 15 heavy (non-hydrogen) atoms. The third-order valence-corrected chi connectivity index (χ3v) is 2.89. The van der Waals surface area contributed by atoms with E-state index in [9.17, 15) is 4.79 Å². The Morgan fingerprint density at radius 2 is 2.07 bits per heavy atom. The second-order valence-electron chi connectivity index (χ2n) is 3.34. The largest absolute Gasteiger partial charge is 0.377 e. The van der Waals surface area contributed by atoms with E-state index >= 15 is 0 Å². The van der Waals surface area contributed by atoms with Crippen LogP contribution in [-0.4, -0.2) is 25.2 Å². The van der Waals surface area contributed by atoms with E-state index in [4.69, 9.17) is 27.9 Å². The molecule has 0 aliphatic carbocycles. The minimum absolute atomic E-state index is 0.118. The van der Waals surface area contributed by atoms with Crippen LogP contribution in [-0.2, 0) is 4.74 Å². The summed E-state index contributed by atoms with van der Waals surface area (Å²) >= 11 is 11.6. The fourth-order valence-electron chi connectivity index (χ4n) is 1.23. The first-order valence-corrected chi connectivity index (χ1v) is 5.26. The molecule has 80 valence electrons. The number of nitrogens with one attached hydrogen (secondary N) is 1. The van der Waals surface area contributed by atoms with Gasteiger partial charge in [0, 0.05) is 5.56 Å². The fourth-order valence-corrected chi connectivity index (χ4v) is 1.52. The number of benzene rings is 1. The maximum absolute atomic E-state index is 11.6. The predicted octanol–water partition coefficient (Wildman–Crippen LogP) is 2.12. The van der Waals surface area contributed by atoms with Crippen molar-refractivity contribution in [2.45, 2.75) is 6.04 Å². The van der Waals surface area contributed by atoms with Crippen molar-refractivity contribution in [2.75, 3.05) is 13.2 Å². The maximum atomic E-state index is 11.6. The normalized spacial score (nSPS) is 15.9. The Morgan fingerprint density at radius 3 is 2.60 bits per heavy atom. The van der Waals surface area contributed by atoms with Gasteiger partial charge in [0.2, 0.25) is 0 Å². The Labute approximate surface area is 97.3 Å². The highest BCUT2D eigenvalue weighted by molar-refractivity contribution is 6.42. The second-order valence-corrected chi connectivity index (χ2v) is 4.15. The van der Waals surface area contributed by atoms with Gasteiger partial charge in [-0.1, -0.05) is 23.2 Å². The number of hydrogen-bond donors (Lipinski definition) is 1. The topological polar surface area (TPSA) is 38.3 Å².